The van der Waals surface area contributed by atoms with E-state index in [0.29, 0.717) is 0 Å². The van der Waals surface area contributed by atoms with Crippen LogP contribution in [0.3, 0.4) is 0 Å². The number of hydrogen-bond acceptors (Lipinski definition) is 14. The zero-order valence-corrected chi connectivity index (χ0v) is 35.5. The van der Waals surface area contributed by atoms with Crippen LogP contribution in [0.4, 0.5) is 0 Å². The lowest BCUT2D eigenvalue weighted by Gasteiger charge is -2.49. The van der Waals surface area contributed by atoms with Crippen LogP contribution in [-0.4, -0.2) is 107 Å². The van der Waals surface area contributed by atoms with Gasteiger partial charge in [-0.15, -0.1) is 0 Å². The quantitative estimate of drug-likeness (QED) is 0.0862. The molecule has 2 aliphatic rings. The van der Waals surface area contributed by atoms with Crippen LogP contribution in [0.25, 0.3) is 0 Å². The monoisotopic (exact) mass is 856 g/mol. The van der Waals surface area contributed by atoms with Crippen LogP contribution >= 0.6 is 0 Å². The Hall–Kier alpha value is -4.87. The van der Waals surface area contributed by atoms with Crippen molar-refractivity contribution in [1.29, 1.82) is 0 Å². The van der Waals surface area contributed by atoms with E-state index in [-0.39, 0.29) is 51.7 Å². The van der Waals surface area contributed by atoms with Crippen LogP contribution in [0.5, 0.6) is 0 Å². The van der Waals surface area contributed by atoms with Gasteiger partial charge in [0.25, 0.3) is 0 Å². The van der Waals surface area contributed by atoms with E-state index < -0.39 is 73.4 Å². The van der Waals surface area contributed by atoms with Crippen molar-refractivity contribution in [2.24, 2.45) is 0 Å². The minimum atomic E-state index is -1.54. The van der Waals surface area contributed by atoms with Gasteiger partial charge in [0, 0.05) is 20.6 Å². The van der Waals surface area contributed by atoms with Crippen LogP contribution in [0, 0.1) is 0 Å². The van der Waals surface area contributed by atoms with Crippen LogP contribution in [0.2, 0.25) is 0 Å². The third kappa shape index (κ3) is 13.1. The van der Waals surface area contributed by atoms with Crippen LogP contribution in [0.15, 0.2) is 121 Å². The highest BCUT2D eigenvalue weighted by molar-refractivity contribution is 5.81. The van der Waals surface area contributed by atoms with Gasteiger partial charge in [-0.1, -0.05) is 121 Å². The summed E-state index contributed by atoms with van der Waals surface area (Å²) in [4.78, 5) is 38.5. The molecule has 0 amide bonds. The molecule has 0 radical (unpaired) electrons. The molecule has 2 heterocycles. The predicted molar refractivity (Wildman–Crippen MR) is 223 cm³/mol. The van der Waals surface area contributed by atoms with Crippen molar-refractivity contribution in [1.82, 2.24) is 0 Å². The molecule has 0 aromatic heterocycles. The summed E-state index contributed by atoms with van der Waals surface area (Å²) >= 11 is 0. The molecule has 0 unspecified atom stereocenters. The maximum atomic E-state index is 13.6. The molecule has 0 N–H and O–H groups in total. The molecule has 62 heavy (non-hydrogen) atoms. The molecule has 14 nitrogen and oxygen atoms in total. The van der Waals surface area contributed by atoms with Gasteiger partial charge < -0.3 is 56.9 Å². The Kier molecular flexibility index (Phi) is 18.1. The number of carbonyl (C=O) groups is 3. The Balaban J connectivity index is 1.39. The Morgan fingerprint density at radius 3 is 1.47 bits per heavy atom. The van der Waals surface area contributed by atoms with E-state index in [2.05, 4.69) is 0 Å². The molecule has 2 saturated heterocycles. The fourth-order valence-electron chi connectivity index (χ4n) is 7.34. The largest absolute Gasteiger partial charge is 0.467 e. The summed E-state index contributed by atoms with van der Waals surface area (Å²) < 4.78 is 69.5. The van der Waals surface area contributed by atoms with Gasteiger partial charge in [0.05, 0.1) is 46.6 Å². The van der Waals surface area contributed by atoms with Gasteiger partial charge in [-0.05, 0) is 29.2 Å². The molecular formula is C48H56O14. The molecule has 0 aliphatic carbocycles. The van der Waals surface area contributed by atoms with Crippen LogP contribution in [-0.2, 0) is 92.9 Å². The van der Waals surface area contributed by atoms with Crippen molar-refractivity contribution in [3.63, 3.8) is 0 Å². The van der Waals surface area contributed by atoms with Gasteiger partial charge in [-0.2, -0.15) is 0 Å². The first-order chi connectivity index (χ1) is 30.3. The molecule has 332 valence electrons. The lowest BCUT2D eigenvalue weighted by atomic mass is 9.95. The summed E-state index contributed by atoms with van der Waals surface area (Å²) in [5.74, 6) is -1.79. The minimum Gasteiger partial charge on any atom is -0.467 e. The van der Waals surface area contributed by atoms with Crippen molar-refractivity contribution >= 4 is 17.7 Å². The molecule has 0 bridgehead atoms. The SMILES string of the molecule is COC(=O)[C@H]1O[C@@H](O[C@H]2[C@H](OCc3ccccc3)[C@@H](OCc3ccccc3)[C@@H](OC)O[C@@H]2COCc2ccccc2)[C@H](OCc2ccccc2)[C@@H](OC)[C@@H]1OC(=O)CCC(C)=O. The maximum Gasteiger partial charge on any atom is 0.339 e. The first-order valence-electron chi connectivity index (χ1n) is 20.6. The zero-order valence-electron chi connectivity index (χ0n) is 35.5. The molecule has 2 aliphatic heterocycles. The van der Waals surface area contributed by atoms with E-state index in [4.69, 9.17) is 52.1 Å². The lowest BCUT2D eigenvalue weighted by molar-refractivity contribution is -0.368. The molecule has 2 fully saturated rings. The van der Waals surface area contributed by atoms with E-state index in [1.807, 2.05) is 121 Å². The van der Waals surface area contributed by atoms with Gasteiger partial charge in [-0.3, -0.25) is 4.79 Å². The van der Waals surface area contributed by atoms with Gasteiger partial charge in [-0.25, -0.2) is 4.79 Å². The number of Topliss-reactive ketones (excluding diaryl/α,β-unsaturated/α-hetero) is 1. The molecule has 4 aromatic carbocycles. The molecule has 10 atom stereocenters. The molecule has 4 aromatic rings. The number of methoxy groups -OCH3 is 3. The van der Waals surface area contributed by atoms with Crippen molar-refractivity contribution in [3.05, 3.63) is 144 Å². The summed E-state index contributed by atoms with van der Waals surface area (Å²) in [6.07, 6.45) is -11.4. The van der Waals surface area contributed by atoms with Crippen molar-refractivity contribution in [3.8, 4) is 0 Å². The third-order valence-corrected chi connectivity index (χ3v) is 10.5. The molecule has 0 saturated carbocycles. The highest BCUT2D eigenvalue weighted by Crippen LogP contribution is 2.36. The normalized spacial score (nSPS) is 26.1. The summed E-state index contributed by atoms with van der Waals surface area (Å²) in [6.45, 7) is 2.08. The summed E-state index contributed by atoms with van der Waals surface area (Å²) in [5.41, 5.74) is 3.57. The second-order valence-electron chi connectivity index (χ2n) is 15.0. The summed E-state index contributed by atoms with van der Waals surface area (Å²) in [5, 5.41) is 0. The molecule has 6 rings (SSSR count). The zero-order chi connectivity index (χ0) is 43.7. The smallest absolute Gasteiger partial charge is 0.339 e. The number of esters is 2. The maximum absolute atomic E-state index is 13.6. The number of ether oxygens (including phenoxy) is 11. The molecular weight excluding hydrogens is 801 g/mol. The average molecular weight is 857 g/mol. The fourth-order valence-corrected chi connectivity index (χ4v) is 7.34. The van der Waals surface area contributed by atoms with Gasteiger partial charge in [0.15, 0.2) is 24.8 Å². The first-order valence-corrected chi connectivity index (χ1v) is 20.6. The van der Waals surface area contributed by atoms with Crippen LogP contribution in [0.1, 0.15) is 42.0 Å². The summed E-state index contributed by atoms with van der Waals surface area (Å²) in [7, 11) is 4.13. The van der Waals surface area contributed by atoms with E-state index in [1.165, 1.54) is 28.3 Å². The van der Waals surface area contributed by atoms with E-state index in [1.54, 1.807) is 0 Å². The second kappa shape index (κ2) is 24.1. The number of rotatable bonds is 22. The highest BCUT2D eigenvalue weighted by Gasteiger charge is 2.56. The Morgan fingerprint density at radius 1 is 0.516 bits per heavy atom. The Morgan fingerprint density at radius 2 is 1.00 bits per heavy atom. The third-order valence-electron chi connectivity index (χ3n) is 10.5. The number of benzene rings is 4. The van der Waals surface area contributed by atoms with Gasteiger partial charge >= 0.3 is 11.9 Å². The fraction of sp³-hybridized carbons (Fsp3) is 0.438. The van der Waals surface area contributed by atoms with Crippen molar-refractivity contribution < 1.29 is 66.5 Å². The van der Waals surface area contributed by atoms with Gasteiger partial charge in [0.1, 0.15) is 42.4 Å². The average Bonchev–Trinajstić information content (AvgIpc) is 3.30. The first kappa shape index (κ1) is 46.6. The Bertz CT molecular complexity index is 1930. The standard InChI is InChI=1S/C48H56O14/c1-32(49)25-26-38(50)60-42-40(52-2)44(57-29-35-21-13-7-14-22-35)48(62-43(42)46(51)53-3)61-39-37(31-55-27-33-17-9-5-10-18-33)59-47(54-4)45(58-30-36-23-15-8-16-24-36)41(39)56-28-34-19-11-6-12-20-34/h5-24,37,39-45,47-48H,25-31H2,1-4H3/t37-,39-,40+,41+,42+,43+,44-,45-,47+,48-/m1/s1. The number of hydrogen-bond donors (Lipinski definition) is 0. The van der Waals surface area contributed by atoms with Crippen molar-refractivity contribution in [2.75, 3.05) is 27.9 Å². The van der Waals surface area contributed by atoms with E-state index in [9.17, 15) is 14.4 Å². The highest BCUT2D eigenvalue weighted by atomic mass is 16.8. The van der Waals surface area contributed by atoms with Crippen molar-refractivity contribution in [2.45, 2.75) is 108 Å². The lowest BCUT2D eigenvalue weighted by Crippen LogP contribution is -2.67. The van der Waals surface area contributed by atoms with E-state index in [0.717, 1.165) is 22.3 Å². The minimum absolute atomic E-state index is 0.0167. The molecule has 0 spiro atoms. The van der Waals surface area contributed by atoms with Crippen LogP contribution < -0.4 is 0 Å². The number of carbonyl (C=O) groups excluding carboxylic acids is 3. The van der Waals surface area contributed by atoms with E-state index >= 15 is 0 Å². The molecule has 14 heteroatoms. The predicted octanol–water partition coefficient (Wildman–Crippen LogP) is 5.91. The summed E-state index contributed by atoms with van der Waals surface area (Å²) in [6, 6.07) is 38.4. The van der Waals surface area contributed by atoms with Gasteiger partial charge in [0.2, 0.25) is 0 Å². The number of ketones is 1. The Labute approximate surface area is 362 Å². The topological polar surface area (TPSA) is 153 Å². The second-order valence-corrected chi connectivity index (χ2v) is 15.0.